The normalized spacial score (nSPS) is 13.4. The number of carbonyl (C=O) groups is 3. The van der Waals surface area contributed by atoms with Crippen LogP contribution in [0.3, 0.4) is 0 Å². The lowest BCUT2D eigenvalue weighted by atomic mass is 9.86. The van der Waals surface area contributed by atoms with Crippen molar-refractivity contribution in [3.05, 3.63) is 0 Å². The summed E-state index contributed by atoms with van der Waals surface area (Å²) in [7, 11) is 0. The quantitative estimate of drug-likeness (QED) is 0.362. The molecular formula is C18H32O6. The van der Waals surface area contributed by atoms with Crippen molar-refractivity contribution in [2.24, 2.45) is 11.8 Å². The van der Waals surface area contributed by atoms with Crippen LogP contribution >= 0.6 is 0 Å². The monoisotopic (exact) mass is 344 g/mol. The van der Waals surface area contributed by atoms with Crippen molar-refractivity contribution in [3.8, 4) is 0 Å². The molecular weight excluding hydrogens is 312 g/mol. The molecule has 0 aliphatic heterocycles. The molecule has 0 aliphatic rings. The molecule has 6 heteroatoms. The van der Waals surface area contributed by atoms with E-state index in [0.29, 0.717) is 25.7 Å². The Bertz CT molecular complexity index is 380. The molecule has 0 aliphatic carbocycles. The van der Waals surface area contributed by atoms with Crippen LogP contribution in [0.1, 0.15) is 84.0 Å². The summed E-state index contributed by atoms with van der Waals surface area (Å²) in [6.07, 6.45) is 7.75. The summed E-state index contributed by atoms with van der Waals surface area (Å²) >= 11 is 0. The van der Waals surface area contributed by atoms with Gasteiger partial charge in [0.15, 0.2) is 0 Å². The van der Waals surface area contributed by atoms with Gasteiger partial charge in [-0.2, -0.15) is 0 Å². The number of carboxylic acids is 3. The Kier molecular flexibility index (Phi) is 12.9. The third-order valence-corrected chi connectivity index (χ3v) is 4.38. The molecule has 0 saturated carbocycles. The molecule has 0 aromatic carbocycles. The minimum atomic E-state index is -0.848. The van der Waals surface area contributed by atoms with Gasteiger partial charge >= 0.3 is 17.9 Å². The van der Waals surface area contributed by atoms with Gasteiger partial charge in [0.1, 0.15) is 0 Å². The number of unbranched alkanes of at least 4 members (excludes halogenated alkanes) is 3. The Morgan fingerprint density at radius 1 is 0.667 bits per heavy atom. The Morgan fingerprint density at radius 3 is 1.50 bits per heavy atom. The zero-order valence-electron chi connectivity index (χ0n) is 14.7. The maximum absolute atomic E-state index is 11.0. The molecule has 24 heavy (non-hydrogen) atoms. The molecule has 0 saturated heterocycles. The van der Waals surface area contributed by atoms with Crippen LogP contribution in [-0.2, 0) is 14.4 Å². The highest BCUT2D eigenvalue weighted by atomic mass is 16.4. The van der Waals surface area contributed by atoms with Crippen LogP contribution < -0.4 is 0 Å². The van der Waals surface area contributed by atoms with Gasteiger partial charge in [0.2, 0.25) is 0 Å². The van der Waals surface area contributed by atoms with Crippen molar-refractivity contribution in [2.45, 2.75) is 84.0 Å². The van der Waals surface area contributed by atoms with E-state index in [4.69, 9.17) is 15.3 Å². The zero-order chi connectivity index (χ0) is 18.4. The lowest BCUT2D eigenvalue weighted by Crippen LogP contribution is -2.13. The fourth-order valence-electron chi connectivity index (χ4n) is 3.05. The first-order valence-electron chi connectivity index (χ1n) is 9.00. The number of carboxylic acid groups (broad SMARTS) is 3. The third kappa shape index (κ3) is 14.0. The Hall–Kier alpha value is -1.59. The summed E-state index contributed by atoms with van der Waals surface area (Å²) in [6, 6.07) is 0. The summed E-state index contributed by atoms with van der Waals surface area (Å²) < 4.78 is 0. The van der Waals surface area contributed by atoms with Gasteiger partial charge in [-0.1, -0.05) is 32.6 Å². The average Bonchev–Trinajstić information content (AvgIpc) is 2.47. The predicted molar refractivity (Wildman–Crippen MR) is 91.0 cm³/mol. The molecule has 140 valence electrons. The second-order valence-corrected chi connectivity index (χ2v) is 6.64. The molecule has 2 unspecified atom stereocenters. The van der Waals surface area contributed by atoms with Gasteiger partial charge in [0.05, 0.1) is 0 Å². The van der Waals surface area contributed by atoms with Crippen LogP contribution in [0.4, 0.5) is 0 Å². The Labute approximate surface area is 144 Å². The van der Waals surface area contributed by atoms with Crippen molar-refractivity contribution in [1.82, 2.24) is 0 Å². The number of hydrogen-bond donors (Lipinski definition) is 3. The van der Waals surface area contributed by atoms with E-state index in [1.54, 1.807) is 0 Å². The van der Waals surface area contributed by atoms with Gasteiger partial charge in [-0.25, -0.2) is 0 Å². The highest BCUT2D eigenvalue weighted by molar-refractivity contribution is 5.67. The van der Waals surface area contributed by atoms with Gasteiger partial charge < -0.3 is 15.3 Å². The second kappa shape index (κ2) is 13.8. The fraction of sp³-hybridized carbons (Fsp3) is 0.833. The van der Waals surface area contributed by atoms with Crippen LogP contribution in [0, 0.1) is 11.8 Å². The summed E-state index contributed by atoms with van der Waals surface area (Å²) in [5.74, 6) is -2.38. The van der Waals surface area contributed by atoms with E-state index in [1.807, 2.05) is 0 Å². The molecule has 0 aromatic rings. The summed E-state index contributed by atoms with van der Waals surface area (Å²) in [6.45, 7) is 2.10. The van der Waals surface area contributed by atoms with E-state index >= 15 is 0 Å². The van der Waals surface area contributed by atoms with E-state index in [2.05, 4.69) is 6.92 Å². The van der Waals surface area contributed by atoms with Crippen LogP contribution in [0.2, 0.25) is 0 Å². The second-order valence-electron chi connectivity index (χ2n) is 6.64. The average molecular weight is 344 g/mol. The Morgan fingerprint density at radius 2 is 1.12 bits per heavy atom. The largest absolute Gasteiger partial charge is 0.481 e. The van der Waals surface area contributed by atoms with Crippen LogP contribution in [0.15, 0.2) is 0 Å². The van der Waals surface area contributed by atoms with Crippen LogP contribution in [0.5, 0.6) is 0 Å². The lowest BCUT2D eigenvalue weighted by Gasteiger charge is -2.19. The molecule has 0 aromatic heterocycles. The smallest absolute Gasteiger partial charge is 0.303 e. The van der Waals surface area contributed by atoms with E-state index in [0.717, 1.165) is 32.1 Å². The third-order valence-electron chi connectivity index (χ3n) is 4.38. The summed E-state index contributed by atoms with van der Waals surface area (Å²) in [4.78, 5) is 32.5. The number of aliphatic carboxylic acids is 3. The van der Waals surface area contributed by atoms with Crippen molar-refractivity contribution in [2.75, 3.05) is 0 Å². The van der Waals surface area contributed by atoms with E-state index in [9.17, 15) is 14.4 Å². The van der Waals surface area contributed by atoms with Crippen molar-refractivity contribution < 1.29 is 29.7 Å². The molecule has 0 heterocycles. The van der Waals surface area contributed by atoms with Crippen molar-refractivity contribution in [3.63, 3.8) is 0 Å². The molecule has 0 radical (unpaired) electrons. The van der Waals surface area contributed by atoms with Crippen molar-refractivity contribution in [1.29, 1.82) is 0 Å². The lowest BCUT2D eigenvalue weighted by molar-refractivity contribution is -0.139. The van der Waals surface area contributed by atoms with E-state index in [-0.39, 0.29) is 31.1 Å². The molecule has 0 spiro atoms. The molecule has 0 bridgehead atoms. The van der Waals surface area contributed by atoms with Gasteiger partial charge in [-0.3, -0.25) is 14.4 Å². The predicted octanol–water partition coefficient (Wildman–Crippen LogP) is 4.17. The van der Waals surface area contributed by atoms with Gasteiger partial charge in [0, 0.05) is 19.3 Å². The first-order valence-corrected chi connectivity index (χ1v) is 9.00. The van der Waals surface area contributed by atoms with Crippen LogP contribution in [0.25, 0.3) is 0 Å². The maximum atomic E-state index is 11.0. The molecule has 0 fully saturated rings. The van der Waals surface area contributed by atoms with Gasteiger partial charge in [-0.05, 0) is 43.9 Å². The minimum Gasteiger partial charge on any atom is -0.481 e. The summed E-state index contributed by atoms with van der Waals surface area (Å²) in [5.41, 5.74) is 0. The standard InChI is InChI=1S/C18H32O6/c1-2-3-4-7-14(12-17(21)22)10-11-15(13-18(23)24)8-5-6-9-16(19)20/h14-15H,2-13H2,1H3,(H,19,20)(H,21,22)(H,23,24). The minimum absolute atomic E-state index is 0.00114. The molecule has 3 N–H and O–H groups in total. The molecule has 0 amide bonds. The number of rotatable bonds is 16. The topological polar surface area (TPSA) is 112 Å². The molecule has 6 nitrogen and oxygen atoms in total. The zero-order valence-corrected chi connectivity index (χ0v) is 14.7. The van der Waals surface area contributed by atoms with Gasteiger partial charge in [0.25, 0.3) is 0 Å². The summed E-state index contributed by atoms with van der Waals surface area (Å²) in [5, 5.41) is 26.7. The van der Waals surface area contributed by atoms with E-state index < -0.39 is 17.9 Å². The number of hydrogen-bond acceptors (Lipinski definition) is 3. The SMILES string of the molecule is CCCCCC(CCC(CCCCC(=O)O)CC(=O)O)CC(=O)O. The van der Waals surface area contributed by atoms with Crippen LogP contribution in [-0.4, -0.2) is 33.2 Å². The first-order chi connectivity index (χ1) is 11.3. The first kappa shape index (κ1) is 22.4. The highest BCUT2D eigenvalue weighted by Gasteiger charge is 2.18. The maximum Gasteiger partial charge on any atom is 0.303 e. The van der Waals surface area contributed by atoms with Gasteiger partial charge in [-0.15, -0.1) is 0 Å². The van der Waals surface area contributed by atoms with E-state index in [1.165, 1.54) is 0 Å². The fourth-order valence-corrected chi connectivity index (χ4v) is 3.05. The highest BCUT2D eigenvalue weighted by Crippen LogP contribution is 2.26. The molecule has 0 rings (SSSR count). The van der Waals surface area contributed by atoms with Crippen molar-refractivity contribution >= 4 is 17.9 Å². The molecule has 2 atom stereocenters. The Balaban J connectivity index is 4.35.